The summed E-state index contributed by atoms with van der Waals surface area (Å²) in [5, 5.41) is 0.490. The Morgan fingerprint density at radius 1 is 1.50 bits per heavy atom. The Balaban J connectivity index is 2.82. The fourth-order valence-electron chi connectivity index (χ4n) is 0.982. The van der Waals surface area contributed by atoms with Gasteiger partial charge in [-0.2, -0.15) is 0 Å². The highest BCUT2D eigenvalue weighted by Gasteiger charge is 2.06. The lowest BCUT2D eigenvalue weighted by Gasteiger charge is -1.86. The minimum atomic E-state index is 0.0538. The Hall–Kier alpha value is -1.35. The number of para-hydroxylation sites is 1. The van der Waals surface area contributed by atoms with Crippen LogP contribution in [-0.2, 0) is 0 Å². The first-order chi connectivity index (χ1) is 5.81. The Bertz CT molecular complexity index is 436. The van der Waals surface area contributed by atoms with Crippen LogP contribution in [0.2, 0.25) is 5.02 Å². The number of halogens is 1. The quantitative estimate of drug-likeness (QED) is 0.634. The number of fused-ring (bicyclic) bond motifs is 1. The highest BCUT2D eigenvalue weighted by molar-refractivity contribution is 6.34. The average Bonchev–Trinajstić information content (AvgIpc) is 2.49. The summed E-state index contributed by atoms with van der Waals surface area (Å²) in [4.78, 5) is 14.2. The first-order valence-electron chi connectivity index (χ1n) is 3.31. The summed E-state index contributed by atoms with van der Waals surface area (Å²) in [6, 6.07) is 5.15. The maximum Gasteiger partial charge on any atom is 0.260 e. The van der Waals surface area contributed by atoms with Gasteiger partial charge in [-0.25, -0.2) is 4.98 Å². The number of nitrogens with zero attached hydrogens (tertiary/aromatic N) is 1. The van der Waals surface area contributed by atoms with Gasteiger partial charge in [-0.05, 0) is 12.1 Å². The van der Waals surface area contributed by atoms with Gasteiger partial charge in [-0.1, -0.05) is 17.7 Å². The second-order valence-electron chi connectivity index (χ2n) is 2.26. The van der Waals surface area contributed by atoms with E-state index in [0.29, 0.717) is 22.4 Å². The Kier molecular flexibility index (Phi) is 1.59. The lowest BCUT2D eigenvalue weighted by atomic mass is 10.3. The molecule has 2 aromatic rings. The van der Waals surface area contributed by atoms with Crippen molar-refractivity contribution in [2.75, 3.05) is 0 Å². The zero-order chi connectivity index (χ0) is 8.55. The van der Waals surface area contributed by atoms with Crippen molar-refractivity contribution in [2.45, 2.75) is 0 Å². The van der Waals surface area contributed by atoms with Gasteiger partial charge in [0.25, 0.3) is 5.89 Å². The molecule has 1 aromatic carbocycles. The molecule has 2 rings (SSSR count). The van der Waals surface area contributed by atoms with Crippen molar-refractivity contribution in [2.24, 2.45) is 0 Å². The van der Waals surface area contributed by atoms with Crippen LogP contribution >= 0.6 is 11.6 Å². The highest BCUT2D eigenvalue weighted by atomic mass is 35.5. The number of benzene rings is 1. The van der Waals surface area contributed by atoms with Gasteiger partial charge in [0.15, 0.2) is 5.58 Å². The SMILES string of the molecule is O=Cc1nc2c(Cl)cccc2o1. The number of carbonyl (C=O) groups excluding carboxylic acids is 1. The van der Waals surface area contributed by atoms with Crippen molar-refractivity contribution >= 4 is 29.0 Å². The molecule has 0 unspecified atom stereocenters. The number of carbonyl (C=O) groups is 1. The van der Waals surface area contributed by atoms with Gasteiger partial charge < -0.3 is 4.42 Å². The van der Waals surface area contributed by atoms with E-state index in [0.717, 1.165) is 0 Å². The minimum absolute atomic E-state index is 0.0538. The molecule has 0 spiro atoms. The minimum Gasteiger partial charge on any atom is -0.434 e. The molecule has 0 aliphatic heterocycles. The van der Waals surface area contributed by atoms with Crippen molar-refractivity contribution in [1.29, 1.82) is 0 Å². The maximum atomic E-state index is 10.3. The van der Waals surface area contributed by atoms with E-state index in [2.05, 4.69) is 4.98 Å². The molecule has 0 fully saturated rings. The number of rotatable bonds is 1. The number of hydrogen-bond donors (Lipinski definition) is 0. The topological polar surface area (TPSA) is 43.1 Å². The molecule has 0 aliphatic rings. The van der Waals surface area contributed by atoms with Gasteiger partial charge in [-0.15, -0.1) is 0 Å². The van der Waals surface area contributed by atoms with Gasteiger partial charge >= 0.3 is 0 Å². The molecular formula is C8H4ClNO2. The summed E-state index contributed by atoms with van der Waals surface area (Å²) in [5.74, 6) is 0.0538. The fourth-order valence-corrected chi connectivity index (χ4v) is 1.19. The summed E-state index contributed by atoms with van der Waals surface area (Å²) in [6.45, 7) is 0. The Labute approximate surface area is 73.0 Å². The summed E-state index contributed by atoms with van der Waals surface area (Å²) in [6.07, 6.45) is 0.552. The molecule has 0 saturated heterocycles. The monoisotopic (exact) mass is 181 g/mol. The van der Waals surface area contributed by atoms with Crippen LogP contribution in [0.25, 0.3) is 11.1 Å². The van der Waals surface area contributed by atoms with E-state index in [4.69, 9.17) is 16.0 Å². The summed E-state index contributed by atoms with van der Waals surface area (Å²) < 4.78 is 5.03. The molecule has 0 saturated carbocycles. The van der Waals surface area contributed by atoms with Crippen LogP contribution in [0.4, 0.5) is 0 Å². The molecule has 0 N–H and O–H groups in total. The molecule has 3 nitrogen and oxygen atoms in total. The molecule has 0 bridgehead atoms. The van der Waals surface area contributed by atoms with Gasteiger partial charge in [0, 0.05) is 0 Å². The normalized spacial score (nSPS) is 10.4. The van der Waals surface area contributed by atoms with Crippen LogP contribution in [0.5, 0.6) is 0 Å². The zero-order valence-electron chi connectivity index (χ0n) is 5.95. The zero-order valence-corrected chi connectivity index (χ0v) is 6.71. The molecule has 1 aromatic heterocycles. The Morgan fingerprint density at radius 2 is 2.33 bits per heavy atom. The van der Waals surface area contributed by atoms with Gasteiger partial charge in [-0.3, -0.25) is 4.79 Å². The van der Waals surface area contributed by atoms with Crippen molar-refractivity contribution in [3.63, 3.8) is 0 Å². The second-order valence-corrected chi connectivity index (χ2v) is 2.66. The van der Waals surface area contributed by atoms with Gasteiger partial charge in [0.05, 0.1) is 5.02 Å². The predicted octanol–water partition coefficient (Wildman–Crippen LogP) is 2.29. The van der Waals surface area contributed by atoms with Crippen LogP contribution in [-0.4, -0.2) is 11.3 Å². The number of hydrogen-bond acceptors (Lipinski definition) is 3. The van der Waals surface area contributed by atoms with Crippen LogP contribution in [0, 0.1) is 0 Å². The molecule has 12 heavy (non-hydrogen) atoms. The fraction of sp³-hybridized carbons (Fsp3) is 0. The van der Waals surface area contributed by atoms with Crippen LogP contribution in [0.15, 0.2) is 22.6 Å². The van der Waals surface area contributed by atoms with Crippen molar-refractivity contribution in [3.05, 3.63) is 29.1 Å². The lowest BCUT2D eigenvalue weighted by Crippen LogP contribution is -1.75. The van der Waals surface area contributed by atoms with E-state index in [1.165, 1.54) is 0 Å². The first kappa shape index (κ1) is 7.31. The largest absolute Gasteiger partial charge is 0.434 e. The first-order valence-corrected chi connectivity index (χ1v) is 3.69. The van der Waals surface area contributed by atoms with Gasteiger partial charge in [0.1, 0.15) is 5.52 Å². The highest BCUT2D eigenvalue weighted by Crippen LogP contribution is 2.22. The third-order valence-electron chi connectivity index (χ3n) is 1.49. The average molecular weight is 182 g/mol. The molecule has 4 heteroatoms. The smallest absolute Gasteiger partial charge is 0.260 e. The summed E-state index contributed by atoms with van der Waals surface area (Å²) in [5.41, 5.74) is 1.06. The molecule has 0 atom stereocenters. The number of aldehydes is 1. The van der Waals surface area contributed by atoms with E-state index in [-0.39, 0.29) is 5.89 Å². The third-order valence-corrected chi connectivity index (χ3v) is 1.79. The van der Waals surface area contributed by atoms with Crippen LogP contribution in [0.1, 0.15) is 10.7 Å². The molecule has 0 radical (unpaired) electrons. The van der Waals surface area contributed by atoms with Crippen molar-refractivity contribution in [1.82, 2.24) is 4.98 Å². The van der Waals surface area contributed by atoms with E-state index in [1.54, 1.807) is 18.2 Å². The van der Waals surface area contributed by atoms with Crippen LogP contribution < -0.4 is 0 Å². The predicted molar refractivity (Wildman–Crippen MR) is 44.4 cm³/mol. The number of aromatic nitrogens is 1. The summed E-state index contributed by atoms with van der Waals surface area (Å²) in [7, 11) is 0. The van der Waals surface area contributed by atoms with E-state index in [9.17, 15) is 4.79 Å². The van der Waals surface area contributed by atoms with E-state index >= 15 is 0 Å². The lowest BCUT2D eigenvalue weighted by molar-refractivity contribution is 0.109. The third kappa shape index (κ3) is 0.987. The molecule has 1 heterocycles. The molecular weight excluding hydrogens is 178 g/mol. The van der Waals surface area contributed by atoms with Crippen molar-refractivity contribution in [3.8, 4) is 0 Å². The maximum absolute atomic E-state index is 10.3. The number of oxazole rings is 1. The van der Waals surface area contributed by atoms with Gasteiger partial charge in [0.2, 0.25) is 6.29 Å². The van der Waals surface area contributed by atoms with E-state index in [1.807, 2.05) is 0 Å². The standard InChI is InChI=1S/C8H4ClNO2/c9-5-2-1-3-6-8(5)10-7(4-11)12-6/h1-4H. The molecule has 0 amide bonds. The second kappa shape index (κ2) is 2.60. The van der Waals surface area contributed by atoms with E-state index < -0.39 is 0 Å². The summed E-state index contributed by atoms with van der Waals surface area (Å²) >= 11 is 5.79. The molecule has 0 aliphatic carbocycles. The Morgan fingerprint density at radius 3 is 3.00 bits per heavy atom. The van der Waals surface area contributed by atoms with Crippen LogP contribution in [0.3, 0.4) is 0 Å². The molecule has 60 valence electrons. The van der Waals surface area contributed by atoms with Crippen molar-refractivity contribution < 1.29 is 9.21 Å².